The minimum atomic E-state index is 0.258. The zero-order chi connectivity index (χ0) is 18.4. The Balaban J connectivity index is 1.44. The molecule has 138 valence electrons. The SMILES string of the molecule is Cc1cc(-c2nnc(CN3CCc4sccc4[C@H]3c3cccs3)o2)c(C)o1. The molecule has 0 saturated carbocycles. The molecule has 4 aromatic heterocycles. The summed E-state index contributed by atoms with van der Waals surface area (Å²) in [6, 6.07) is 8.79. The molecular weight excluding hydrogens is 378 g/mol. The molecule has 0 fully saturated rings. The second-order valence-corrected chi connectivity index (χ2v) is 8.75. The van der Waals surface area contributed by atoms with E-state index in [-0.39, 0.29) is 6.04 Å². The van der Waals surface area contributed by atoms with Crippen LogP contribution in [0.15, 0.2) is 43.9 Å². The van der Waals surface area contributed by atoms with E-state index in [4.69, 9.17) is 8.83 Å². The van der Waals surface area contributed by atoms with Crippen molar-refractivity contribution >= 4 is 22.7 Å². The maximum atomic E-state index is 5.98. The van der Waals surface area contributed by atoms with Gasteiger partial charge in [0.1, 0.15) is 11.5 Å². The van der Waals surface area contributed by atoms with Gasteiger partial charge in [0.05, 0.1) is 18.2 Å². The molecule has 5 heterocycles. The van der Waals surface area contributed by atoms with Crippen LogP contribution in [0.25, 0.3) is 11.5 Å². The Morgan fingerprint density at radius 1 is 1.15 bits per heavy atom. The number of furan rings is 1. The molecule has 0 bridgehead atoms. The van der Waals surface area contributed by atoms with Crippen molar-refractivity contribution < 1.29 is 8.83 Å². The van der Waals surface area contributed by atoms with Crippen LogP contribution in [0.2, 0.25) is 0 Å². The molecule has 0 unspecified atom stereocenters. The largest absolute Gasteiger partial charge is 0.466 e. The zero-order valence-electron chi connectivity index (χ0n) is 15.1. The molecular formula is C20H19N3O2S2. The zero-order valence-corrected chi connectivity index (χ0v) is 16.8. The number of fused-ring (bicyclic) bond motifs is 1. The fourth-order valence-electron chi connectivity index (χ4n) is 3.76. The van der Waals surface area contributed by atoms with Crippen molar-refractivity contribution in [3.63, 3.8) is 0 Å². The molecule has 1 aliphatic rings. The first-order valence-electron chi connectivity index (χ1n) is 8.92. The predicted molar refractivity (Wildman–Crippen MR) is 106 cm³/mol. The third-order valence-electron chi connectivity index (χ3n) is 4.95. The molecule has 0 radical (unpaired) electrons. The summed E-state index contributed by atoms with van der Waals surface area (Å²) in [6.45, 7) is 5.46. The Hall–Kier alpha value is -2.22. The van der Waals surface area contributed by atoms with Crippen LogP contribution in [0.5, 0.6) is 0 Å². The van der Waals surface area contributed by atoms with Gasteiger partial charge >= 0.3 is 0 Å². The topological polar surface area (TPSA) is 55.3 Å². The molecule has 27 heavy (non-hydrogen) atoms. The van der Waals surface area contributed by atoms with Crippen molar-refractivity contribution in [1.82, 2.24) is 15.1 Å². The van der Waals surface area contributed by atoms with E-state index in [2.05, 4.69) is 44.1 Å². The van der Waals surface area contributed by atoms with Gasteiger partial charge in [-0.25, -0.2) is 0 Å². The molecule has 5 rings (SSSR count). The molecule has 1 atom stereocenters. The molecule has 0 aromatic carbocycles. The van der Waals surface area contributed by atoms with Gasteiger partial charge in [-0.3, -0.25) is 4.90 Å². The highest BCUT2D eigenvalue weighted by Gasteiger charge is 2.31. The van der Waals surface area contributed by atoms with Crippen LogP contribution in [0, 0.1) is 13.8 Å². The standard InChI is InChI=1S/C20H19N3O2S2/c1-12-10-15(13(2)24-12)20-22-21-18(25-20)11-23-7-5-16-14(6-9-27-16)19(23)17-4-3-8-26-17/h3-4,6,8-10,19H,5,7,11H2,1-2H3/t19-/m0/s1. The van der Waals surface area contributed by atoms with E-state index in [1.807, 2.05) is 31.3 Å². The summed E-state index contributed by atoms with van der Waals surface area (Å²) in [4.78, 5) is 5.28. The number of thiophene rings is 2. The Morgan fingerprint density at radius 2 is 2.07 bits per heavy atom. The summed E-state index contributed by atoms with van der Waals surface area (Å²) in [5, 5.41) is 12.9. The van der Waals surface area contributed by atoms with Crippen LogP contribution in [0.3, 0.4) is 0 Å². The van der Waals surface area contributed by atoms with Crippen molar-refractivity contribution in [2.75, 3.05) is 6.54 Å². The summed E-state index contributed by atoms with van der Waals surface area (Å²) in [5.41, 5.74) is 2.29. The lowest BCUT2D eigenvalue weighted by Crippen LogP contribution is -2.34. The van der Waals surface area contributed by atoms with Crippen molar-refractivity contribution in [2.45, 2.75) is 32.9 Å². The number of hydrogen-bond acceptors (Lipinski definition) is 7. The van der Waals surface area contributed by atoms with E-state index in [0.717, 1.165) is 30.0 Å². The molecule has 0 N–H and O–H groups in total. The van der Waals surface area contributed by atoms with E-state index in [0.29, 0.717) is 18.3 Å². The van der Waals surface area contributed by atoms with Gasteiger partial charge < -0.3 is 8.83 Å². The molecule has 4 aromatic rings. The second-order valence-electron chi connectivity index (χ2n) is 6.77. The van der Waals surface area contributed by atoms with Gasteiger partial charge in [0.15, 0.2) is 0 Å². The minimum absolute atomic E-state index is 0.258. The van der Waals surface area contributed by atoms with Crippen LogP contribution in [-0.2, 0) is 13.0 Å². The highest BCUT2D eigenvalue weighted by molar-refractivity contribution is 7.10. The van der Waals surface area contributed by atoms with Crippen LogP contribution in [-0.4, -0.2) is 21.6 Å². The fraction of sp³-hybridized carbons (Fsp3) is 0.300. The van der Waals surface area contributed by atoms with Gasteiger partial charge in [-0.15, -0.1) is 32.9 Å². The second kappa shape index (κ2) is 6.74. The highest BCUT2D eigenvalue weighted by atomic mass is 32.1. The summed E-state index contributed by atoms with van der Waals surface area (Å²) >= 11 is 3.66. The lowest BCUT2D eigenvalue weighted by atomic mass is 9.98. The predicted octanol–water partition coefficient (Wildman–Crippen LogP) is 5.22. The fourth-order valence-corrected chi connectivity index (χ4v) is 5.54. The number of aromatic nitrogens is 2. The average molecular weight is 398 g/mol. The van der Waals surface area contributed by atoms with Gasteiger partial charge in [0, 0.05) is 16.3 Å². The molecule has 0 aliphatic carbocycles. The third-order valence-corrected chi connectivity index (χ3v) is 6.88. The lowest BCUT2D eigenvalue weighted by Gasteiger charge is -2.34. The Bertz CT molecular complexity index is 1060. The first-order valence-corrected chi connectivity index (χ1v) is 10.7. The van der Waals surface area contributed by atoms with Crippen molar-refractivity contribution in [3.05, 3.63) is 67.8 Å². The summed E-state index contributed by atoms with van der Waals surface area (Å²) in [7, 11) is 0. The minimum Gasteiger partial charge on any atom is -0.466 e. The third kappa shape index (κ3) is 3.05. The van der Waals surface area contributed by atoms with E-state index < -0.39 is 0 Å². The Kier molecular flexibility index (Phi) is 4.22. The molecule has 7 heteroatoms. The van der Waals surface area contributed by atoms with Crippen molar-refractivity contribution in [1.29, 1.82) is 0 Å². The first kappa shape index (κ1) is 16.9. The summed E-state index contributed by atoms with van der Waals surface area (Å²) < 4.78 is 11.6. The van der Waals surface area contributed by atoms with Crippen LogP contribution >= 0.6 is 22.7 Å². The Labute approximate surface area is 165 Å². The Morgan fingerprint density at radius 3 is 2.85 bits per heavy atom. The number of nitrogens with zero attached hydrogens (tertiary/aromatic N) is 3. The quantitative estimate of drug-likeness (QED) is 0.473. The van der Waals surface area contributed by atoms with E-state index in [1.165, 1.54) is 15.3 Å². The molecule has 0 amide bonds. The van der Waals surface area contributed by atoms with Gasteiger partial charge in [-0.2, -0.15) is 0 Å². The molecule has 1 aliphatic heterocycles. The lowest BCUT2D eigenvalue weighted by molar-refractivity contribution is 0.189. The molecule has 0 saturated heterocycles. The highest BCUT2D eigenvalue weighted by Crippen LogP contribution is 2.40. The number of aryl methyl sites for hydroxylation is 2. The van der Waals surface area contributed by atoms with E-state index in [9.17, 15) is 0 Å². The molecule has 5 nitrogen and oxygen atoms in total. The van der Waals surface area contributed by atoms with Gasteiger partial charge in [-0.05, 0) is 54.8 Å². The number of hydrogen-bond donors (Lipinski definition) is 0. The summed E-state index contributed by atoms with van der Waals surface area (Å²) in [6.07, 6.45) is 1.07. The van der Waals surface area contributed by atoms with Gasteiger partial charge in [0.2, 0.25) is 5.89 Å². The average Bonchev–Trinajstić information content (AvgIpc) is 3.41. The van der Waals surface area contributed by atoms with Crippen molar-refractivity contribution in [3.8, 4) is 11.5 Å². The molecule has 0 spiro atoms. The monoisotopic (exact) mass is 397 g/mol. The first-order chi connectivity index (χ1) is 13.2. The maximum absolute atomic E-state index is 5.98. The number of rotatable bonds is 4. The van der Waals surface area contributed by atoms with E-state index in [1.54, 1.807) is 11.3 Å². The van der Waals surface area contributed by atoms with Crippen LogP contribution in [0.1, 0.15) is 38.8 Å². The summed E-state index contributed by atoms with van der Waals surface area (Å²) in [5.74, 6) is 2.82. The van der Waals surface area contributed by atoms with E-state index >= 15 is 0 Å². The van der Waals surface area contributed by atoms with Crippen molar-refractivity contribution in [2.24, 2.45) is 0 Å². The van der Waals surface area contributed by atoms with Crippen LogP contribution in [0.4, 0.5) is 0 Å². The van der Waals surface area contributed by atoms with Gasteiger partial charge in [0.25, 0.3) is 5.89 Å². The van der Waals surface area contributed by atoms with Crippen LogP contribution < -0.4 is 0 Å². The normalized spacial score (nSPS) is 17.3. The van der Waals surface area contributed by atoms with Gasteiger partial charge in [-0.1, -0.05) is 6.07 Å². The maximum Gasteiger partial charge on any atom is 0.251 e. The smallest absolute Gasteiger partial charge is 0.251 e.